The van der Waals surface area contributed by atoms with Crippen molar-refractivity contribution in [3.63, 3.8) is 0 Å². The molecule has 0 saturated carbocycles. The fourth-order valence-electron chi connectivity index (χ4n) is 2.39. The van der Waals surface area contributed by atoms with E-state index in [2.05, 4.69) is 16.5 Å². The van der Waals surface area contributed by atoms with Gasteiger partial charge in [0.1, 0.15) is 0 Å². The van der Waals surface area contributed by atoms with Crippen molar-refractivity contribution >= 4 is 16.8 Å². The summed E-state index contributed by atoms with van der Waals surface area (Å²) in [7, 11) is 0. The number of aromatic nitrogens is 3. The standard InChI is InChI=1S/C14H15N3O/c1-3-8-16-10(2)9-13(18)17-12-7-5-4-6-11(12)15-14(16)17/h4-7,9H,3,8H2,1-2H3. The van der Waals surface area contributed by atoms with E-state index in [0.717, 1.165) is 35.5 Å². The van der Waals surface area contributed by atoms with Crippen molar-refractivity contribution in [2.45, 2.75) is 26.8 Å². The maximum atomic E-state index is 12.1. The van der Waals surface area contributed by atoms with Crippen LogP contribution < -0.4 is 5.56 Å². The molecule has 2 aromatic heterocycles. The van der Waals surface area contributed by atoms with Crippen LogP contribution in [0.4, 0.5) is 0 Å². The van der Waals surface area contributed by atoms with Gasteiger partial charge < -0.3 is 4.57 Å². The zero-order chi connectivity index (χ0) is 12.7. The minimum atomic E-state index is -0.0106. The van der Waals surface area contributed by atoms with E-state index in [9.17, 15) is 4.79 Å². The Labute approximate surface area is 105 Å². The highest BCUT2D eigenvalue weighted by atomic mass is 16.1. The van der Waals surface area contributed by atoms with Crippen LogP contribution in [0.25, 0.3) is 16.8 Å². The fourth-order valence-corrected chi connectivity index (χ4v) is 2.39. The normalized spacial score (nSPS) is 11.4. The summed E-state index contributed by atoms with van der Waals surface area (Å²) in [5.74, 6) is 0.739. The minimum Gasteiger partial charge on any atom is -0.315 e. The van der Waals surface area contributed by atoms with Crippen LogP contribution in [-0.2, 0) is 6.54 Å². The zero-order valence-corrected chi connectivity index (χ0v) is 10.6. The summed E-state index contributed by atoms with van der Waals surface area (Å²) in [6.45, 7) is 4.95. The number of fused-ring (bicyclic) bond motifs is 3. The van der Waals surface area contributed by atoms with Gasteiger partial charge in [0.05, 0.1) is 11.0 Å². The average molecular weight is 241 g/mol. The molecule has 0 amide bonds. The number of nitrogens with zero attached hydrogens (tertiary/aromatic N) is 3. The molecule has 0 aliphatic rings. The molecule has 0 saturated heterocycles. The van der Waals surface area contributed by atoms with Crippen molar-refractivity contribution in [2.75, 3.05) is 0 Å². The molecule has 3 aromatic rings. The molecular formula is C14H15N3O. The summed E-state index contributed by atoms with van der Waals surface area (Å²) in [6.07, 6.45) is 1.02. The number of hydrogen-bond acceptors (Lipinski definition) is 2. The van der Waals surface area contributed by atoms with Gasteiger partial charge in [-0.15, -0.1) is 0 Å². The van der Waals surface area contributed by atoms with E-state index in [1.807, 2.05) is 31.2 Å². The van der Waals surface area contributed by atoms with Crippen LogP contribution in [0, 0.1) is 6.92 Å². The Balaban J connectivity index is 2.53. The molecule has 4 nitrogen and oxygen atoms in total. The Morgan fingerprint density at radius 1 is 1.28 bits per heavy atom. The Kier molecular flexibility index (Phi) is 2.44. The molecule has 0 bridgehead atoms. The monoisotopic (exact) mass is 241 g/mol. The molecule has 2 heterocycles. The van der Waals surface area contributed by atoms with E-state index in [0.29, 0.717) is 0 Å². The SMILES string of the molecule is CCCn1c(C)cc(=O)n2c3ccccc3nc12. The van der Waals surface area contributed by atoms with Crippen LogP contribution in [0.3, 0.4) is 0 Å². The molecule has 3 rings (SSSR count). The first-order chi connectivity index (χ1) is 8.72. The van der Waals surface area contributed by atoms with Crippen LogP contribution >= 0.6 is 0 Å². The molecule has 0 atom stereocenters. The van der Waals surface area contributed by atoms with Crippen LogP contribution in [0.15, 0.2) is 35.1 Å². The van der Waals surface area contributed by atoms with Gasteiger partial charge in [-0.2, -0.15) is 0 Å². The lowest BCUT2D eigenvalue weighted by Gasteiger charge is -2.10. The molecule has 1 aromatic carbocycles. The van der Waals surface area contributed by atoms with Crippen molar-refractivity contribution in [1.29, 1.82) is 0 Å². The molecule has 0 aliphatic carbocycles. The third-order valence-electron chi connectivity index (χ3n) is 3.21. The average Bonchev–Trinajstić information content (AvgIpc) is 2.73. The summed E-state index contributed by atoms with van der Waals surface area (Å²) in [6, 6.07) is 9.42. The Morgan fingerprint density at radius 2 is 2.06 bits per heavy atom. The van der Waals surface area contributed by atoms with Crippen LogP contribution in [0.5, 0.6) is 0 Å². The Morgan fingerprint density at radius 3 is 2.83 bits per heavy atom. The lowest BCUT2D eigenvalue weighted by atomic mass is 10.3. The largest absolute Gasteiger partial charge is 0.315 e. The van der Waals surface area contributed by atoms with Gasteiger partial charge in [0.2, 0.25) is 5.78 Å². The number of rotatable bonds is 2. The third-order valence-corrected chi connectivity index (χ3v) is 3.21. The van der Waals surface area contributed by atoms with Crippen molar-refractivity contribution < 1.29 is 0 Å². The number of aryl methyl sites for hydroxylation is 2. The maximum Gasteiger partial charge on any atom is 0.259 e. The topological polar surface area (TPSA) is 39.3 Å². The number of para-hydroxylation sites is 2. The van der Waals surface area contributed by atoms with Crippen molar-refractivity contribution in [2.24, 2.45) is 0 Å². The Hall–Kier alpha value is -2.10. The maximum absolute atomic E-state index is 12.1. The van der Waals surface area contributed by atoms with E-state index >= 15 is 0 Å². The molecular weight excluding hydrogens is 226 g/mol. The van der Waals surface area contributed by atoms with Gasteiger partial charge in [-0.3, -0.25) is 4.79 Å². The summed E-state index contributed by atoms with van der Waals surface area (Å²) in [5.41, 5.74) is 2.70. The quantitative estimate of drug-likeness (QED) is 0.691. The molecule has 4 heteroatoms. The van der Waals surface area contributed by atoms with E-state index in [4.69, 9.17) is 0 Å². The first-order valence-corrected chi connectivity index (χ1v) is 6.20. The van der Waals surface area contributed by atoms with E-state index in [1.54, 1.807) is 10.5 Å². The second-order valence-corrected chi connectivity index (χ2v) is 4.51. The highest BCUT2D eigenvalue weighted by Crippen LogP contribution is 2.15. The predicted molar refractivity (Wildman–Crippen MR) is 72.0 cm³/mol. The van der Waals surface area contributed by atoms with Gasteiger partial charge in [-0.25, -0.2) is 9.38 Å². The van der Waals surface area contributed by atoms with Gasteiger partial charge in [0.15, 0.2) is 0 Å². The number of benzene rings is 1. The lowest BCUT2D eigenvalue weighted by molar-refractivity contribution is 0.656. The lowest BCUT2D eigenvalue weighted by Crippen LogP contribution is -2.19. The summed E-state index contributed by atoms with van der Waals surface area (Å²) >= 11 is 0. The minimum absolute atomic E-state index is 0.0106. The molecule has 0 radical (unpaired) electrons. The second-order valence-electron chi connectivity index (χ2n) is 4.51. The van der Waals surface area contributed by atoms with Crippen LogP contribution in [0.2, 0.25) is 0 Å². The smallest absolute Gasteiger partial charge is 0.259 e. The van der Waals surface area contributed by atoms with Crippen molar-refractivity contribution in [3.8, 4) is 0 Å². The van der Waals surface area contributed by atoms with Crippen molar-refractivity contribution in [1.82, 2.24) is 14.0 Å². The highest BCUT2D eigenvalue weighted by Gasteiger charge is 2.11. The number of hydrogen-bond donors (Lipinski definition) is 0. The van der Waals surface area contributed by atoms with Crippen molar-refractivity contribution in [3.05, 3.63) is 46.4 Å². The van der Waals surface area contributed by atoms with Crippen LogP contribution in [-0.4, -0.2) is 14.0 Å². The van der Waals surface area contributed by atoms with E-state index in [-0.39, 0.29) is 5.56 Å². The zero-order valence-electron chi connectivity index (χ0n) is 10.6. The predicted octanol–water partition coefficient (Wildman–Crippen LogP) is 2.37. The highest BCUT2D eigenvalue weighted by molar-refractivity contribution is 5.79. The third kappa shape index (κ3) is 1.45. The summed E-state index contributed by atoms with van der Waals surface area (Å²) in [4.78, 5) is 16.7. The first kappa shape index (κ1) is 11.0. The molecule has 92 valence electrons. The summed E-state index contributed by atoms with van der Waals surface area (Å²) in [5, 5.41) is 0. The first-order valence-electron chi connectivity index (χ1n) is 6.20. The molecule has 0 N–H and O–H groups in total. The van der Waals surface area contributed by atoms with Crippen LogP contribution in [0.1, 0.15) is 19.0 Å². The van der Waals surface area contributed by atoms with E-state index in [1.165, 1.54) is 0 Å². The molecule has 0 unspecified atom stereocenters. The van der Waals surface area contributed by atoms with E-state index < -0.39 is 0 Å². The van der Waals surface area contributed by atoms with Gasteiger partial charge in [0, 0.05) is 18.3 Å². The van der Waals surface area contributed by atoms with Gasteiger partial charge in [-0.05, 0) is 25.5 Å². The molecule has 18 heavy (non-hydrogen) atoms. The molecule has 0 spiro atoms. The second kappa shape index (κ2) is 3.98. The molecule has 0 fully saturated rings. The Bertz CT molecular complexity index is 783. The van der Waals surface area contributed by atoms with Gasteiger partial charge in [-0.1, -0.05) is 19.1 Å². The van der Waals surface area contributed by atoms with Gasteiger partial charge >= 0.3 is 0 Å². The fraction of sp³-hybridized carbons (Fsp3) is 0.286. The molecule has 0 aliphatic heterocycles. The van der Waals surface area contributed by atoms with Gasteiger partial charge in [0.25, 0.3) is 5.56 Å². The number of imidazole rings is 1. The summed E-state index contributed by atoms with van der Waals surface area (Å²) < 4.78 is 3.79.